The summed E-state index contributed by atoms with van der Waals surface area (Å²) in [6, 6.07) is 9.65. The number of thioether (sulfide) groups is 1. The summed E-state index contributed by atoms with van der Waals surface area (Å²) in [6.07, 6.45) is 1.52. The van der Waals surface area contributed by atoms with Crippen molar-refractivity contribution >= 4 is 28.6 Å². The molecule has 2 amide bonds. The molecule has 2 aliphatic heterocycles. The van der Waals surface area contributed by atoms with Crippen LogP contribution in [0.3, 0.4) is 0 Å². The summed E-state index contributed by atoms with van der Waals surface area (Å²) in [5.41, 5.74) is 1.44. The minimum atomic E-state index is -0.435. The Balaban J connectivity index is 1.98. The second-order valence-corrected chi connectivity index (χ2v) is 5.18. The van der Waals surface area contributed by atoms with Crippen LogP contribution in [-0.2, 0) is 9.59 Å². The maximum atomic E-state index is 11.9. The highest BCUT2D eigenvalue weighted by atomic mass is 32.2. The van der Waals surface area contributed by atoms with Gasteiger partial charge < -0.3 is 0 Å². The SMILES string of the molecule is CN1C(=O)C2=CN=C(c3ccccc3)S[C@H]2C1=O. The third-order valence-electron chi connectivity index (χ3n) is 2.96. The molecule has 90 valence electrons. The van der Waals surface area contributed by atoms with E-state index in [2.05, 4.69) is 4.99 Å². The van der Waals surface area contributed by atoms with Gasteiger partial charge in [-0.1, -0.05) is 42.1 Å². The summed E-state index contributed by atoms with van der Waals surface area (Å²) in [6.45, 7) is 0. The molecule has 0 saturated carbocycles. The van der Waals surface area contributed by atoms with Gasteiger partial charge in [0.2, 0.25) is 5.91 Å². The van der Waals surface area contributed by atoms with Gasteiger partial charge in [0.1, 0.15) is 10.3 Å². The van der Waals surface area contributed by atoms with Crippen molar-refractivity contribution in [3.05, 3.63) is 47.7 Å². The maximum absolute atomic E-state index is 11.9. The Morgan fingerprint density at radius 3 is 2.67 bits per heavy atom. The Labute approximate surface area is 108 Å². The fraction of sp³-hybridized carbons (Fsp3) is 0.154. The van der Waals surface area contributed by atoms with Crippen molar-refractivity contribution in [2.45, 2.75) is 5.25 Å². The predicted octanol–water partition coefficient (Wildman–Crippen LogP) is 1.43. The van der Waals surface area contributed by atoms with Gasteiger partial charge >= 0.3 is 0 Å². The first-order chi connectivity index (χ1) is 8.68. The van der Waals surface area contributed by atoms with Gasteiger partial charge in [-0.25, -0.2) is 4.99 Å². The number of fused-ring (bicyclic) bond motifs is 1. The van der Waals surface area contributed by atoms with E-state index in [9.17, 15) is 9.59 Å². The van der Waals surface area contributed by atoms with E-state index in [1.54, 1.807) is 0 Å². The quantitative estimate of drug-likeness (QED) is 0.716. The van der Waals surface area contributed by atoms with Gasteiger partial charge in [0.05, 0.1) is 5.57 Å². The first kappa shape index (κ1) is 11.2. The molecule has 1 atom stereocenters. The number of likely N-dealkylation sites (tertiary alicyclic amines) is 1. The molecule has 2 aliphatic rings. The van der Waals surface area contributed by atoms with Crippen LogP contribution in [0.1, 0.15) is 5.56 Å². The molecule has 0 unspecified atom stereocenters. The van der Waals surface area contributed by atoms with E-state index in [4.69, 9.17) is 0 Å². The molecule has 1 saturated heterocycles. The van der Waals surface area contributed by atoms with Crippen molar-refractivity contribution in [3.8, 4) is 0 Å². The lowest BCUT2D eigenvalue weighted by Gasteiger charge is -2.14. The van der Waals surface area contributed by atoms with Crippen LogP contribution in [0.15, 0.2) is 47.1 Å². The second kappa shape index (κ2) is 4.10. The Morgan fingerprint density at radius 2 is 1.94 bits per heavy atom. The minimum Gasteiger partial charge on any atom is -0.281 e. The molecule has 0 bridgehead atoms. The highest BCUT2D eigenvalue weighted by Gasteiger charge is 2.43. The van der Waals surface area contributed by atoms with Gasteiger partial charge in [0.15, 0.2) is 0 Å². The highest BCUT2D eigenvalue weighted by molar-refractivity contribution is 8.15. The monoisotopic (exact) mass is 258 g/mol. The van der Waals surface area contributed by atoms with E-state index in [1.807, 2.05) is 30.3 Å². The first-order valence-electron chi connectivity index (χ1n) is 5.50. The number of hydrogen-bond acceptors (Lipinski definition) is 4. The largest absolute Gasteiger partial charge is 0.281 e. The molecule has 5 heteroatoms. The van der Waals surface area contributed by atoms with Crippen molar-refractivity contribution in [2.75, 3.05) is 7.05 Å². The molecule has 0 spiro atoms. The molecule has 18 heavy (non-hydrogen) atoms. The maximum Gasteiger partial charge on any atom is 0.259 e. The Hall–Kier alpha value is -1.88. The summed E-state index contributed by atoms with van der Waals surface area (Å²) < 4.78 is 0. The van der Waals surface area contributed by atoms with Crippen molar-refractivity contribution in [1.29, 1.82) is 0 Å². The van der Waals surface area contributed by atoms with E-state index in [0.29, 0.717) is 5.57 Å². The molecule has 1 aromatic rings. The molecule has 0 N–H and O–H groups in total. The Kier molecular flexibility index (Phi) is 2.56. The molecule has 0 aliphatic carbocycles. The van der Waals surface area contributed by atoms with Crippen LogP contribution in [0.25, 0.3) is 0 Å². The second-order valence-electron chi connectivity index (χ2n) is 4.09. The molecular weight excluding hydrogens is 248 g/mol. The van der Waals surface area contributed by atoms with E-state index in [1.165, 1.54) is 25.0 Å². The standard InChI is InChI=1S/C13H10N2O2S/c1-15-12(16)9-7-14-11(18-10(9)13(15)17)8-5-3-2-4-6-8/h2-7,10H,1H3/t10-/m1/s1. The molecule has 0 aromatic heterocycles. The molecule has 0 radical (unpaired) electrons. The Morgan fingerprint density at radius 1 is 1.22 bits per heavy atom. The zero-order chi connectivity index (χ0) is 12.7. The van der Waals surface area contributed by atoms with E-state index >= 15 is 0 Å². The van der Waals surface area contributed by atoms with Crippen LogP contribution >= 0.6 is 11.8 Å². The lowest BCUT2D eigenvalue weighted by atomic mass is 10.2. The van der Waals surface area contributed by atoms with Crippen LogP contribution in [0.2, 0.25) is 0 Å². The molecule has 2 heterocycles. The fourth-order valence-electron chi connectivity index (χ4n) is 1.95. The van der Waals surface area contributed by atoms with Gasteiger partial charge in [-0.2, -0.15) is 0 Å². The van der Waals surface area contributed by atoms with Gasteiger partial charge in [-0.05, 0) is 0 Å². The number of carbonyl (C=O) groups is 2. The summed E-state index contributed by atoms with van der Waals surface area (Å²) in [5, 5.41) is 0.344. The number of nitrogens with zero attached hydrogens (tertiary/aromatic N) is 2. The Bertz CT molecular complexity index is 592. The zero-order valence-electron chi connectivity index (χ0n) is 9.66. The molecule has 3 rings (SSSR count). The summed E-state index contributed by atoms with van der Waals surface area (Å²) in [7, 11) is 1.51. The van der Waals surface area contributed by atoms with Crippen LogP contribution in [0.5, 0.6) is 0 Å². The van der Waals surface area contributed by atoms with Gasteiger partial charge in [0.25, 0.3) is 5.91 Å². The molecule has 4 nitrogen and oxygen atoms in total. The number of benzene rings is 1. The van der Waals surface area contributed by atoms with E-state index in [0.717, 1.165) is 15.5 Å². The first-order valence-corrected chi connectivity index (χ1v) is 6.38. The zero-order valence-corrected chi connectivity index (χ0v) is 10.5. The summed E-state index contributed by atoms with van der Waals surface area (Å²) >= 11 is 1.34. The average Bonchev–Trinajstić information content (AvgIpc) is 2.65. The average molecular weight is 258 g/mol. The highest BCUT2D eigenvalue weighted by Crippen LogP contribution is 2.34. The fourth-order valence-corrected chi connectivity index (χ4v) is 3.10. The van der Waals surface area contributed by atoms with E-state index < -0.39 is 5.25 Å². The lowest BCUT2D eigenvalue weighted by Crippen LogP contribution is -2.27. The normalized spacial score (nSPS) is 22.7. The number of likely N-dealkylation sites (N-methyl/N-ethyl adjacent to an activating group) is 1. The topological polar surface area (TPSA) is 49.7 Å². The lowest BCUT2D eigenvalue weighted by molar-refractivity contribution is -0.135. The van der Waals surface area contributed by atoms with Crippen molar-refractivity contribution < 1.29 is 9.59 Å². The molecule has 1 fully saturated rings. The van der Waals surface area contributed by atoms with Crippen molar-refractivity contribution in [2.24, 2.45) is 4.99 Å². The van der Waals surface area contributed by atoms with Gasteiger partial charge in [0, 0.05) is 18.8 Å². The minimum absolute atomic E-state index is 0.167. The molecular formula is C13H10N2O2S. The third-order valence-corrected chi connectivity index (χ3v) is 4.22. The van der Waals surface area contributed by atoms with Crippen LogP contribution in [-0.4, -0.2) is 34.1 Å². The number of aliphatic imine (C=N–C) groups is 1. The predicted molar refractivity (Wildman–Crippen MR) is 70.2 cm³/mol. The third kappa shape index (κ3) is 1.59. The van der Waals surface area contributed by atoms with Crippen molar-refractivity contribution in [3.63, 3.8) is 0 Å². The van der Waals surface area contributed by atoms with Crippen molar-refractivity contribution in [1.82, 2.24) is 4.90 Å². The van der Waals surface area contributed by atoms with Crippen LogP contribution < -0.4 is 0 Å². The smallest absolute Gasteiger partial charge is 0.259 e. The number of rotatable bonds is 1. The summed E-state index contributed by atoms with van der Waals surface area (Å²) in [5.74, 6) is -0.409. The number of amides is 2. The van der Waals surface area contributed by atoms with Gasteiger partial charge in [-0.15, -0.1) is 0 Å². The summed E-state index contributed by atoms with van der Waals surface area (Å²) in [4.78, 5) is 29.1. The van der Waals surface area contributed by atoms with Gasteiger partial charge in [-0.3, -0.25) is 14.5 Å². The van der Waals surface area contributed by atoms with Crippen LogP contribution in [0.4, 0.5) is 0 Å². The number of imide groups is 1. The van der Waals surface area contributed by atoms with Crippen LogP contribution in [0, 0.1) is 0 Å². The molecule has 1 aromatic carbocycles. The number of carbonyl (C=O) groups excluding carboxylic acids is 2. The number of hydrogen-bond donors (Lipinski definition) is 0. The van der Waals surface area contributed by atoms with E-state index in [-0.39, 0.29) is 11.8 Å².